The first-order valence-electron chi connectivity index (χ1n) is 10.6. The highest BCUT2D eigenvalue weighted by molar-refractivity contribution is 7.90. The summed E-state index contributed by atoms with van der Waals surface area (Å²) in [5.41, 5.74) is 0.611. The van der Waals surface area contributed by atoms with Crippen molar-refractivity contribution < 1.29 is 22.8 Å². The van der Waals surface area contributed by atoms with Gasteiger partial charge < -0.3 is 10.2 Å². The average molecular weight is 492 g/mol. The Morgan fingerprint density at radius 3 is 2.36 bits per heavy atom. The fraction of sp³-hybridized carbons (Fsp3) is 0.348. The lowest BCUT2D eigenvalue weighted by molar-refractivity contribution is -0.140. The number of carbonyl (C=O) groups excluding carboxylic acids is 3. The quantitative estimate of drug-likeness (QED) is 0.611. The van der Waals surface area contributed by atoms with Gasteiger partial charge in [0.1, 0.15) is 17.5 Å². The Morgan fingerprint density at radius 2 is 1.73 bits per heavy atom. The predicted octanol–water partition coefficient (Wildman–Crippen LogP) is 2.82. The van der Waals surface area contributed by atoms with E-state index in [0.29, 0.717) is 21.3 Å². The van der Waals surface area contributed by atoms with Crippen LogP contribution in [0.1, 0.15) is 43.1 Å². The first-order chi connectivity index (χ1) is 15.6. The Balaban J connectivity index is 1.90. The van der Waals surface area contributed by atoms with Crippen LogP contribution in [0.2, 0.25) is 5.02 Å². The van der Waals surface area contributed by atoms with Gasteiger partial charge in [-0.15, -0.1) is 0 Å². The second-order valence-corrected chi connectivity index (χ2v) is 10.2. The largest absolute Gasteiger partial charge is 0.352 e. The van der Waals surface area contributed by atoms with Crippen LogP contribution in [0, 0.1) is 0 Å². The van der Waals surface area contributed by atoms with E-state index in [-0.39, 0.29) is 29.0 Å². The van der Waals surface area contributed by atoms with Crippen molar-refractivity contribution in [2.24, 2.45) is 0 Å². The van der Waals surface area contributed by atoms with Gasteiger partial charge in [-0.3, -0.25) is 14.4 Å². The number of rotatable bonds is 8. The highest BCUT2D eigenvalue weighted by Crippen LogP contribution is 2.30. The second kappa shape index (κ2) is 9.93. The van der Waals surface area contributed by atoms with Crippen LogP contribution >= 0.6 is 11.6 Å². The summed E-state index contributed by atoms with van der Waals surface area (Å²) in [6, 6.07) is 11.6. The number of benzene rings is 2. The van der Waals surface area contributed by atoms with E-state index in [0.717, 1.165) is 0 Å². The van der Waals surface area contributed by atoms with Crippen molar-refractivity contribution >= 4 is 39.3 Å². The highest BCUT2D eigenvalue weighted by atomic mass is 35.5. The fourth-order valence-corrected chi connectivity index (χ4v) is 5.17. The molecule has 8 nitrogen and oxygen atoms in total. The number of hydrogen-bond acceptors (Lipinski definition) is 5. The van der Waals surface area contributed by atoms with E-state index in [1.807, 2.05) is 13.8 Å². The number of carbonyl (C=O) groups is 3. The van der Waals surface area contributed by atoms with Crippen molar-refractivity contribution in [3.05, 3.63) is 64.7 Å². The molecule has 1 aliphatic rings. The second-order valence-electron chi connectivity index (χ2n) is 7.92. The Labute approximate surface area is 198 Å². The minimum Gasteiger partial charge on any atom is -0.352 e. The summed E-state index contributed by atoms with van der Waals surface area (Å²) in [5.74, 6) is -1.84. The molecule has 2 unspecified atom stereocenters. The van der Waals surface area contributed by atoms with Gasteiger partial charge in [0.15, 0.2) is 0 Å². The lowest BCUT2D eigenvalue weighted by Gasteiger charge is -2.31. The minimum absolute atomic E-state index is 0.0190. The van der Waals surface area contributed by atoms with Crippen LogP contribution in [0.4, 0.5) is 0 Å². The molecule has 0 bridgehead atoms. The van der Waals surface area contributed by atoms with Crippen LogP contribution in [-0.2, 0) is 26.2 Å². The molecule has 0 fully saturated rings. The monoisotopic (exact) mass is 491 g/mol. The maximum atomic E-state index is 13.3. The van der Waals surface area contributed by atoms with Crippen LogP contribution < -0.4 is 5.32 Å². The molecule has 1 heterocycles. The maximum Gasteiger partial charge on any atom is 0.269 e. The van der Waals surface area contributed by atoms with Crippen LogP contribution in [0.15, 0.2) is 53.4 Å². The molecular formula is C23H26ClN3O5S. The van der Waals surface area contributed by atoms with Gasteiger partial charge in [0, 0.05) is 17.6 Å². The molecule has 2 aromatic rings. The number of nitrogens with one attached hydrogen (secondary N) is 1. The zero-order valence-corrected chi connectivity index (χ0v) is 20.2. The smallest absolute Gasteiger partial charge is 0.269 e. The topological polar surface area (TPSA) is 104 Å². The van der Waals surface area contributed by atoms with Gasteiger partial charge >= 0.3 is 0 Å². The Hall–Kier alpha value is -2.91. The maximum absolute atomic E-state index is 13.3. The van der Waals surface area contributed by atoms with Crippen molar-refractivity contribution in [3.63, 3.8) is 0 Å². The summed E-state index contributed by atoms with van der Waals surface area (Å²) >= 11 is 6.26. The Bertz CT molecular complexity index is 1180. The third-order valence-electron chi connectivity index (χ3n) is 5.66. The molecule has 2 atom stereocenters. The zero-order valence-electron chi connectivity index (χ0n) is 18.6. The molecule has 33 heavy (non-hydrogen) atoms. The lowest BCUT2D eigenvalue weighted by atomic mass is 10.1. The summed E-state index contributed by atoms with van der Waals surface area (Å²) in [4.78, 5) is 40.0. The molecule has 176 valence electrons. The van der Waals surface area contributed by atoms with Crippen molar-refractivity contribution in [1.29, 1.82) is 0 Å². The van der Waals surface area contributed by atoms with E-state index in [4.69, 9.17) is 11.6 Å². The van der Waals surface area contributed by atoms with Crippen LogP contribution in [-0.4, -0.2) is 54.0 Å². The van der Waals surface area contributed by atoms with Crippen LogP contribution in [0.25, 0.3) is 0 Å². The van der Waals surface area contributed by atoms with E-state index in [2.05, 4.69) is 5.32 Å². The third kappa shape index (κ3) is 5.04. The van der Waals surface area contributed by atoms with Gasteiger partial charge in [0.25, 0.3) is 15.9 Å². The summed E-state index contributed by atoms with van der Waals surface area (Å²) < 4.78 is 26.3. The van der Waals surface area contributed by atoms with E-state index in [1.54, 1.807) is 37.3 Å². The van der Waals surface area contributed by atoms with Crippen LogP contribution in [0.5, 0.6) is 0 Å². The van der Waals surface area contributed by atoms with Crippen LogP contribution in [0.3, 0.4) is 0 Å². The number of nitrogens with zero attached hydrogens (tertiary/aromatic N) is 2. The molecule has 2 aromatic carbocycles. The molecule has 10 heteroatoms. The van der Waals surface area contributed by atoms with Gasteiger partial charge in [-0.1, -0.05) is 48.9 Å². The van der Waals surface area contributed by atoms with Crippen molar-refractivity contribution in [3.8, 4) is 0 Å². The van der Waals surface area contributed by atoms with Crippen molar-refractivity contribution in [2.45, 2.75) is 50.7 Å². The number of sulfonamides is 1. The number of hydrogen-bond donors (Lipinski definition) is 1. The number of amides is 3. The highest BCUT2D eigenvalue weighted by Gasteiger charge is 2.43. The zero-order chi connectivity index (χ0) is 24.3. The SMILES string of the molecule is CCC(C)NC(=O)C(C)N(Cc1ccccc1Cl)C(=O)CN1C(=O)c2ccccc2S1(=O)=O. The summed E-state index contributed by atoms with van der Waals surface area (Å²) in [7, 11) is -4.16. The molecule has 3 amide bonds. The predicted molar refractivity (Wildman–Crippen MR) is 124 cm³/mol. The first kappa shape index (κ1) is 24.7. The van der Waals surface area contributed by atoms with Gasteiger partial charge in [-0.05, 0) is 44.0 Å². The molecule has 0 radical (unpaired) electrons. The summed E-state index contributed by atoms with van der Waals surface area (Å²) in [6.45, 7) is 4.58. The van der Waals surface area contributed by atoms with Gasteiger partial charge in [0.2, 0.25) is 11.8 Å². The molecule has 0 aromatic heterocycles. The summed E-state index contributed by atoms with van der Waals surface area (Å²) in [6.07, 6.45) is 0.704. The number of fused-ring (bicyclic) bond motifs is 1. The molecule has 3 rings (SSSR count). The molecule has 1 N–H and O–H groups in total. The first-order valence-corrected chi connectivity index (χ1v) is 12.4. The van der Waals surface area contributed by atoms with E-state index >= 15 is 0 Å². The van der Waals surface area contributed by atoms with E-state index in [1.165, 1.54) is 23.1 Å². The van der Waals surface area contributed by atoms with Gasteiger partial charge in [0.05, 0.1) is 5.56 Å². The molecule has 0 saturated carbocycles. The minimum atomic E-state index is -4.16. The molecule has 0 aliphatic carbocycles. The summed E-state index contributed by atoms with van der Waals surface area (Å²) in [5, 5.41) is 3.24. The molecular weight excluding hydrogens is 466 g/mol. The lowest BCUT2D eigenvalue weighted by Crippen LogP contribution is -2.52. The van der Waals surface area contributed by atoms with E-state index in [9.17, 15) is 22.8 Å². The van der Waals surface area contributed by atoms with Crippen molar-refractivity contribution in [2.75, 3.05) is 6.54 Å². The molecule has 0 spiro atoms. The normalized spacial score (nSPS) is 16.1. The van der Waals surface area contributed by atoms with Gasteiger partial charge in [-0.2, -0.15) is 0 Å². The molecule has 0 saturated heterocycles. The van der Waals surface area contributed by atoms with E-state index < -0.39 is 34.4 Å². The fourth-order valence-electron chi connectivity index (χ4n) is 3.46. The Morgan fingerprint density at radius 1 is 1.09 bits per heavy atom. The standard InChI is InChI=1S/C23H26ClN3O5S/c1-4-15(2)25-22(29)16(3)26(13-17-9-5-7-11-19(17)24)21(28)14-27-23(30)18-10-6-8-12-20(18)33(27,31)32/h5-12,15-16H,4,13-14H2,1-3H3,(H,25,29). The van der Waals surface area contributed by atoms with Crippen molar-refractivity contribution in [1.82, 2.24) is 14.5 Å². The number of halogens is 1. The van der Waals surface area contributed by atoms with Gasteiger partial charge in [-0.25, -0.2) is 12.7 Å². The third-order valence-corrected chi connectivity index (χ3v) is 7.81. The average Bonchev–Trinajstić information content (AvgIpc) is 2.98. The Kier molecular flexibility index (Phi) is 7.44. The molecule has 1 aliphatic heterocycles.